The number of nitrogens with two attached hydrogens (primary N) is 1. The van der Waals surface area contributed by atoms with Crippen molar-refractivity contribution in [1.29, 1.82) is 0 Å². The zero-order valence-electron chi connectivity index (χ0n) is 19.5. The smallest absolute Gasteiger partial charge is 0.410 e. The van der Waals surface area contributed by atoms with Gasteiger partial charge in [0, 0.05) is 13.1 Å². The maximum atomic E-state index is 12.3. The van der Waals surface area contributed by atoms with Gasteiger partial charge in [-0.1, -0.05) is 30.3 Å². The fraction of sp³-hybridized carbons (Fsp3) is 0.417. The summed E-state index contributed by atoms with van der Waals surface area (Å²) >= 11 is 0. The standard InChI is InChI=1S/C24H30N6O3/c1-5-32-22-27-20(25)19-21(28-22)30(15-26-19)14-16-6-8-17(9-7-16)18-10-12-29(13-11-18)23(31)33-24(2,3)4/h6-10,15H,5,11-14H2,1-4H3,(H2,25,27,28). The van der Waals surface area contributed by atoms with Gasteiger partial charge in [-0.05, 0) is 50.8 Å². The molecule has 0 fully saturated rings. The summed E-state index contributed by atoms with van der Waals surface area (Å²) in [7, 11) is 0. The molecule has 2 aromatic heterocycles. The van der Waals surface area contributed by atoms with Crippen molar-refractivity contribution < 1.29 is 14.3 Å². The van der Waals surface area contributed by atoms with Gasteiger partial charge in [-0.3, -0.25) is 0 Å². The SMILES string of the molecule is CCOc1nc(N)c2ncn(Cc3ccc(C4=CCN(C(=O)OC(C)(C)C)CC4)cc3)c2n1. The van der Waals surface area contributed by atoms with Gasteiger partial charge in [0.15, 0.2) is 17.0 Å². The molecule has 3 aromatic rings. The van der Waals surface area contributed by atoms with Crippen molar-refractivity contribution in [2.45, 2.75) is 46.3 Å². The molecule has 0 spiro atoms. The van der Waals surface area contributed by atoms with Crippen molar-refractivity contribution in [2.75, 3.05) is 25.4 Å². The van der Waals surface area contributed by atoms with E-state index in [9.17, 15) is 4.79 Å². The molecule has 0 aliphatic carbocycles. The number of carbonyl (C=O) groups excluding carboxylic acids is 1. The van der Waals surface area contributed by atoms with Gasteiger partial charge in [0.2, 0.25) is 0 Å². The minimum atomic E-state index is -0.486. The van der Waals surface area contributed by atoms with Crippen LogP contribution in [0.15, 0.2) is 36.7 Å². The van der Waals surface area contributed by atoms with Crippen LogP contribution in [0.3, 0.4) is 0 Å². The molecule has 9 nitrogen and oxygen atoms in total. The number of fused-ring (bicyclic) bond motifs is 1. The summed E-state index contributed by atoms with van der Waals surface area (Å²) in [6.07, 6.45) is 4.34. The molecule has 2 N–H and O–H groups in total. The molecular formula is C24H30N6O3. The first-order valence-electron chi connectivity index (χ1n) is 11.1. The quantitative estimate of drug-likeness (QED) is 0.628. The number of anilines is 1. The van der Waals surface area contributed by atoms with Crippen LogP contribution in [-0.2, 0) is 11.3 Å². The highest BCUT2D eigenvalue weighted by Crippen LogP contribution is 2.25. The molecule has 1 aliphatic heterocycles. The van der Waals surface area contributed by atoms with Crippen molar-refractivity contribution in [3.05, 3.63) is 47.8 Å². The predicted molar refractivity (Wildman–Crippen MR) is 127 cm³/mol. The van der Waals surface area contributed by atoms with E-state index in [1.807, 2.05) is 32.3 Å². The van der Waals surface area contributed by atoms with Gasteiger partial charge in [-0.2, -0.15) is 9.97 Å². The molecule has 1 aromatic carbocycles. The monoisotopic (exact) mass is 450 g/mol. The zero-order chi connectivity index (χ0) is 23.6. The largest absolute Gasteiger partial charge is 0.464 e. The molecule has 0 saturated carbocycles. The van der Waals surface area contributed by atoms with Crippen LogP contribution in [0.4, 0.5) is 10.6 Å². The topological polar surface area (TPSA) is 108 Å². The fourth-order valence-corrected chi connectivity index (χ4v) is 3.70. The molecule has 1 amide bonds. The third-order valence-corrected chi connectivity index (χ3v) is 5.28. The Morgan fingerprint density at radius 3 is 2.58 bits per heavy atom. The van der Waals surface area contributed by atoms with Crippen LogP contribution in [0, 0.1) is 0 Å². The normalized spacial score (nSPS) is 14.3. The first-order valence-corrected chi connectivity index (χ1v) is 11.1. The van der Waals surface area contributed by atoms with E-state index >= 15 is 0 Å². The van der Waals surface area contributed by atoms with Gasteiger partial charge >= 0.3 is 12.1 Å². The number of ether oxygens (including phenoxy) is 2. The van der Waals surface area contributed by atoms with Crippen LogP contribution < -0.4 is 10.5 Å². The number of amides is 1. The van der Waals surface area contributed by atoms with Crippen molar-refractivity contribution in [3.8, 4) is 6.01 Å². The highest BCUT2D eigenvalue weighted by Gasteiger charge is 2.23. The lowest BCUT2D eigenvalue weighted by Crippen LogP contribution is -2.39. The molecular weight excluding hydrogens is 420 g/mol. The summed E-state index contributed by atoms with van der Waals surface area (Å²) in [5.41, 5.74) is 10.2. The second-order valence-corrected chi connectivity index (χ2v) is 8.97. The number of benzene rings is 1. The maximum Gasteiger partial charge on any atom is 0.410 e. The number of imidazole rings is 1. The second-order valence-electron chi connectivity index (χ2n) is 8.97. The average molecular weight is 451 g/mol. The van der Waals surface area contributed by atoms with E-state index in [1.165, 1.54) is 5.57 Å². The lowest BCUT2D eigenvalue weighted by Gasteiger charge is -2.29. The van der Waals surface area contributed by atoms with Crippen LogP contribution in [-0.4, -0.2) is 55.8 Å². The lowest BCUT2D eigenvalue weighted by atomic mass is 9.98. The Morgan fingerprint density at radius 2 is 1.94 bits per heavy atom. The van der Waals surface area contributed by atoms with Crippen LogP contribution >= 0.6 is 0 Å². The van der Waals surface area contributed by atoms with Gasteiger partial charge in [0.25, 0.3) is 0 Å². The number of hydrogen-bond acceptors (Lipinski definition) is 7. The summed E-state index contributed by atoms with van der Waals surface area (Å²) in [4.78, 5) is 26.9. The third kappa shape index (κ3) is 5.24. The van der Waals surface area contributed by atoms with Gasteiger partial charge < -0.3 is 24.7 Å². The van der Waals surface area contributed by atoms with E-state index in [0.717, 1.165) is 17.5 Å². The van der Waals surface area contributed by atoms with Gasteiger partial charge in [-0.25, -0.2) is 9.78 Å². The van der Waals surface area contributed by atoms with E-state index in [-0.39, 0.29) is 12.1 Å². The molecule has 0 bridgehead atoms. The number of hydrogen-bond donors (Lipinski definition) is 1. The number of aromatic nitrogens is 4. The highest BCUT2D eigenvalue weighted by atomic mass is 16.6. The Morgan fingerprint density at radius 1 is 1.18 bits per heavy atom. The summed E-state index contributed by atoms with van der Waals surface area (Å²) in [6.45, 7) is 9.77. The molecule has 0 radical (unpaired) electrons. The molecule has 0 atom stereocenters. The number of nitrogens with zero attached hydrogens (tertiary/aromatic N) is 5. The first-order chi connectivity index (χ1) is 15.7. The van der Waals surface area contributed by atoms with E-state index in [1.54, 1.807) is 11.2 Å². The Hall–Kier alpha value is -3.62. The molecule has 0 saturated heterocycles. The van der Waals surface area contributed by atoms with Crippen molar-refractivity contribution in [1.82, 2.24) is 24.4 Å². The number of rotatable bonds is 5. The molecule has 0 unspecified atom stereocenters. The van der Waals surface area contributed by atoms with Crippen LogP contribution in [0.25, 0.3) is 16.7 Å². The van der Waals surface area contributed by atoms with Crippen molar-refractivity contribution >= 4 is 28.6 Å². The Kier molecular flexibility index (Phi) is 6.22. The first kappa shape index (κ1) is 22.6. The molecule has 4 rings (SSSR count). The Balaban J connectivity index is 1.45. The Labute approximate surface area is 193 Å². The minimum absolute atomic E-state index is 0.254. The van der Waals surface area contributed by atoms with Gasteiger partial charge in [0.05, 0.1) is 19.5 Å². The van der Waals surface area contributed by atoms with Crippen LogP contribution in [0.5, 0.6) is 6.01 Å². The van der Waals surface area contributed by atoms with E-state index in [4.69, 9.17) is 15.2 Å². The minimum Gasteiger partial charge on any atom is -0.464 e. The Bertz CT molecular complexity index is 1180. The van der Waals surface area contributed by atoms with E-state index in [0.29, 0.717) is 43.2 Å². The second kappa shape index (κ2) is 9.09. The fourth-order valence-electron chi connectivity index (χ4n) is 3.70. The van der Waals surface area contributed by atoms with E-state index in [2.05, 4.69) is 45.3 Å². The molecule has 174 valence electrons. The number of carbonyl (C=O) groups is 1. The van der Waals surface area contributed by atoms with Crippen LogP contribution in [0.1, 0.15) is 45.2 Å². The van der Waals surface area contributed by atoms with Crippen molar-refractivity contribution in [3.63, 3.8) is 0 Å². The highest BCUT2D eigenvalue weighted by molar-refractivity contribution is 5.82. The molecule has 33 heavy (non-hydrogen) atoms. The van der Waals surface area contributed by atoms with Crippen LogP contribution in [0.2, 0.25) is 0 Å². The molecule has 3 heterocycles. The average Bonchev–Trinajstić information content (AvgIpc) is 3.17. The van der Waals surface area contributed by atoms with Gasteiger partial charge in [-0.15, -0.1) is 0 Å². The van der Waals surface area contributed by atoms with Gasteiger partial charge in [0.1, 0.15) is 5.60 Å². The maximum absolute atomic E-state index is 12.3. The molecule has 9 heteroatoms. The lowest BCUT2D eigenvalue weighted by molar-refractivity contribution is 0.0270. The summed E-state index contributed by atoms with van der Waals surface area (Å²) in [6, 6.07) is 8.66. The summed E-state index contributed by atoms with van der Waals surface area (Å²) in [5, 5.41) is 0. The van der Waals surface area contributed by atoms with Crippen molar-refractivity contribution in [2.24, 2.45) is 0 Å². The number of nitrogen functional groups attached to an aromatic ring is 1. The summed E-state index contributed by atoms with van der Waals surface area (Å²) in [5.74, 6) is 0.308. The summed E-state index contributed by atoms with van der Waals surface area (Å²) < 4.78 is 12.8. The third-order valence-electron chi connectivity index (χ3n) is 5.28. The zero-order valence-corrected chi connectivity index (χ0v) is 19.5. The van der Waals surface area contributed by atoms with E-state index < -0.39 is 5.60 Å². The molecule has 1 aliphatic rings. The predicted octanol–water partition coefficient (Wildman–Crippen LogP) is 3.88.